The largest absolute Gasteiger partial charge is 0.331 e. The molecular weight excluding hydrogens is 238 g/mol. The van der Waals surface area contributed by atoms with Gasteiger partial charge in [0.05, 0.1) is 0 Å². The summed E-state index contributed by atoms with van der Waals surface area (Å²) in [6.07, 6.45) is 0.834. The van der Waals surface area contributed by atoms with Crippen LogP contribution in [0.3, 0.4) is 0 Å². The Hall–Kier alpha value is -1.55. The summed E-state index contributed by atoms with van der Waals surface area (Å²) in [6, 6.07) is 6.30. The van der Waals surface area contributed by atoms with Crippen molar-refractivity contribution >= 4 is 6.03 Å². The number of nitrogens with zero attached hydrogens (tertiary/aromatic N) is 1. The van der Waals surface area contributed by atoms with Crippen molar-refractivity contribution in [2.24, 2.45) is 5.84 Å². The summed E-state index contributed by atoms with van der Waals surface area (Å²) >= 11 is 0. The number of nitrogens with two attached hydrogens (primary N) is 1. The van der Waals surface area contributed by atoms with Gasteiger partial charge in [0.1, 0.15) is 0 Å². The quantitative estimate of drug-likeness (QED) is 0.499. The van der Waals surface area contributed by atoms with Crippen LogP contribution in [-0.2, 0) is 11.8 Å². The van der Waals surface area contributed by atoms with E-state index in [-0.39, 0.29) is 11.4 Å². The predicted molar refractivity (Wildman–Crippen MR) is 78.9 cm³/mol. The molecule has 0 unspecified atom stereocenters. The summed E-state index contributed by atoms with van der Waals surface area (Å²) in [5, 5.41) is 0. The lowest BCUT2D eigenvalue weighted by Gasteiger charge is -2.21. The standard InChI is InChI=1S/C15H25N3O/c1-11-10-13(15(2,3)4)7-6-12(11)8-9-18(5)14(19)17-16/h6-7,10H,8-9,16H2,1-5H3,(H,17,19). The van der Waals surface area contributed by atoms with Crippen molar-refractivity contribution in [2.45, 2.75) is 39.5 Å². The lowest BCUT2D eigenvalue weighted by molar-refractivity contribution is 0.209. The van der Waals surface area contributed by atoms with E-state index in [9.17, 15) is 4.79 Å². The van der Waals surface area contributed by atoms with Crippen LogP contribution in [-0.4, -0.2) is 24.5 Å². The average molecular weight is 263 g/mol. The minimum atomic E-state index is -0.260. The summed E-state index contributed by atoms with van der Waals surface area (Å²) in [6.45, 7) is 9.40. The molecule has 0 radical (unpaired) electrons. The van der Waals surface area contributed by atoms with Gasteiger partial charge in [0.25, 0.3) is 0 Å². The molecular formula is C15H25N3O. The molecule has 4 heteroatoms. The molecule has 0 spiro atoms. The van der Waals surface area contributed by atoms with Gasteiger partial charge in [0.15, 0.2) is 0 Å². The SMILES string of the molecule is Cc1cc(C(C)(C)C)ccc1CCN(C)C(=O)NN. The normalized spacial score (nSPS) is 11.3. The number of hydrazine groups is 1. The highest BCUT2D eigenvalue weighted by atomic mass is 16.2. The van der Waals surface area contributed by atoms with Crippen LogP contribution in [0.5, 0.6) is 0 Å². The van der Waals surface area contributed by atoms with E-state index in [4.69, 9.17) is 5.84 Å². The van der Waals surface area contributed by atoms with Crippen LogP contribution in [0.2, 0.25) is 0 Å². The van der Waals surface area contributed by atoms with E-state index in [1.807, 2.05) is 0 Å². The molecule has 0 fully saturated rings. The van der Waals surface area contributed by atoms with Crippen LogP contribution in [0.1, 0.15) is 37.5 Å². The highest BCUT2D eigenvalue weighted by Gasteiger charge is 2.14. The van der Waals surface area contributed by atoms with Gasteiger partial charge in [-0.25, -0.2) is 10.6 Å². The summed E-state index contributed by atoms with van der Waals surface area (Å²) in [5.41, 5.74) is 6.17. The Kier molecular flexibility index (Phi) is 4.95. The van der Waals surface area contributed by atoms with Gasteiger partial charge < -0.3 is 4.90 Å². The van der Waals surface area contributed by atoms with Gasteiger partial charge in [-0.2, -0.15) is 0 Å². The van der Waals surface area contributed by atoms with Crippen molar-refractivity contribution in [3.8, 4) is 0 Å². The molecule has 2 amide bonds. The van der Waals surface area contributed by atoms with Gasteiger partial charge in [-0.3, -0.25) is 5.43 Å². The van der Waals surface area contributed by atoms with Crippen molar-refractivity contribution in [1.82, 2.24) is 10.3 Å². The molecule has 0 heterocycles. The van der Waals surface area contributed by atoms with Gasteiger partial charge in [-0.15, -0.1) is 0 Å². The fourth-order valence-corrected chi connectivity index (χ4v) is 1.94. The molecule has 19 heavy (non-hydrogen) atoms. The molecule has 0 aliphatic heterocycles. The van der Waals surface area contributed by atoms with E-state index in [1.165, 1.54) is 16.7 Å². The van der Waals surface area contributed by atoms with Gasteiger partial charge >= 0.3 is 6.03 Å². The summed E-state index contributed by atoms with van der Waals surface area (Å²) in [5.74, 6) is 5.10. The zero-order valence-electron chi connectivity index (χ0n) is 12.6. The third-order valence-corrected chi connectivity index (χ3v) is 3.40. The first-order valence-electron chi connectivity index (χ1n) is 6.57. The van der Waals surface area contributed by atoms with Crippen molar-refractivity contribution in [3.63, 3.8) is 0 Å². The molecule has 1 aromatic rings. The summed E-state index contributed by atoms with van der Waals surface area (Å²) in [4.78, 5) is 12.9. The predicted octanol–water partition coefficient (Wildman–Crippen LogP) is 2.35. The molecule has 1 aromatic carbocycles. The monoisotopic (exact) mass is 263 g/mol. The Morgan fingerprint density at radius 1 is 1.37 bits per heavy atom. The molecule has 0 saturated carbocycles. The first kappa shape index (κ1) is 15.5. The lowest BCUT2D eigenvalue weighted by Crippen LogP contribution is -2.42. The van der Waals surface area contributed by atoms with Crippen molar-refractivity contribution < 1.29 is 4.79 Å². The van der Waals surface area contributed by atoms with E-state index in [0.717, 1.165) is 6.42 Å². The molecule has 0 atom stereocenters. The van der Waals surface area contributed by atoms with Gasteiger partial charge in [-0.1, -0.05) is 39.0 Å². The molecule has 0 aliphatic carbocycles. The molecule has 3 N–H and O–H groups in total. The number of urea groups is 1. The van der Waals surface area contributed by atoms with Crippen molar-refractivity contribution in [3.05, 3.63) is 34.9 Å². The number of hydrogen-bond acceptors (Lipinski definition) is 2. The van der Waals surface area contributed by atoms with Crippen LogP contribution >= 0.6 is 0 Å². The molecule has 1 rings (SSSR count). The molecule has 0 aliphatic rings. The van der Waals surface area contributed by atoms with Gasteiger partial charge in [0, 0.05) is 13.6 Å². The highest BCUT2D eigenvalue weighted by molar-refractivity contribution is 5.73. The zero-order valence-corrected chi connectivity index (χ0v) is 12.6. The summed E-state index contributed by atoms with van der Waals surface area (Å²) < 4.78 is 0. The smallest absolute Gasteiger partial charge is 0.326 e. The molecule has 0 bridgehead atoms. The van der Waals surface area contributed by atoms with Crippen molar-refractivity contribution in [1.29, 1.82) is 0 Å². The molecule has 106 valence electrons. The summed E-state index contributed by atoms with van der Waals surface area (Å²) in [7, 11) is 1.74. The second-order valence-electron chi connectivity index (χ2n) is 6.01. The van der Waals surface area contributed by atoms with E-state index in [1.54, 1.807) is 11.9 Å². The fourth-order valence-electron chi connectivity index (χ4n) is 1.94. The minimum absolute atomic E-state index is 0.166. The van der Waals surface area contributed by atoms with Crippen LogP contribution < -0.4 is 11.3 Å². The number of aryl methyl sites for hydroxylation is 1. The number of rotatable bonds is 3. The molecule has 4 nitrogen and oxygen atoms in total. The Bertz CT molecular complexity index is 449. The third-order valence-electron chi connectivity index (χ3n) is 3.40. The number of likely N-dealkylation sites (N-methyl/N-ethyl adjacent to an activating group) is 1. The zero-order chi connectivity index (χ0) is 14.6. The molecule has 0 aromatic heterocycles. The van der Waals surface area contributed by atoms with Gasteiger partial charge in [-0.05, 0) is 35.4 Å². The Morgan fingerprint density at radius 3 is 2.47 bits per heavy atom. The first-order chi connectivity index (χ1) is 8.75. The number of carbonyl (C=O) groups is 1. The lowest BCUT2D eigenvalue weighted by atomic mass is 9.85. The maximum absolute atomic E-state index is 11.3. The Labute approximate surface area is 115 Å². The second kappa shape index (κ2) is 6.06. The topological polar surface area (TPSA) is 58.4 Å². The number of benzene rings is 1. The van der Waals surface area contributed by atoms with E-state index < -0.39 is 0 Å². The maximum atomic E-state index is 11.3. The fraction of sp³-hybridized carbons (Fsp3) is 0.533. The Morgan fingerprint density at radius 2 is 2.00 bits per heavy atom. The van der Waals surface area contributed by atoms with Crippen LogP contribution in [0.25, 0.3) is 0 Å². The average Bonchev–Trinajstić information content (AvgIpc) is 2.34. The van der Waals surface area contributed by atoms with Crippen molar-refractivity contribution in [2.75, 3.05) is 13.6 Å². The first-order valence-corrected chi connectivity index (χ1v) is 6.57. The van der Waals surface area contributed by atoms with E-state index in [0.29, 0.717) is 6.54 Å². The van der Waals surface area contributed by atoms with Crippen LogP contribution in [0.15, 0.2) is 18.2 Å². The number of hydrogen-bond donors (Lipinski definition) is 2. The highest BCUT2D eigenvalue weighted by Crippen LogP contribution is 2.24. The number of amides is 2. The number of nitrogens with one attached hydrogen (secondary N) is 1. The van der Waals surface area contributed by atoms with E-state index >= 15 is 0 Å². The second-order valence-corrected chi connectivity index (χ2v) is 6.01. The van der Waals surface area contributed by atoms with Crippen LogP contribution in [0.4, 0.5) is 4.79 Å². The number of carbonyl (C=O) groups excluding carboxylic acids is 1. The molecule has 0 saturated heterocycles. The van der Waals surface area contributed by atoms with Crippen LogP contribution in [0, 0.1) is 6.92 Å². The van der Waals surface area contributed by atoms with Gasteiger partial charge in [0.2, 0.25) is 0 Å². The van der Waals surface area contributed by atoms with E-state index in [2.05, 4.69) is 51.3 Å². The Balaban J connectivity index is 2.73. The maximum Gasteiger partial charge on any atom is 0.331 e. The third kappa shape index (κ3) is 4.24. The minimum Gasteiger partial charge on any atom is -0.326 e.